The number of aromatic nitrogens is 6. The third kappa shape index (κ3) is 7.97. The highest BCUT2D eigenvalue weighted by atomic mass is 19.3. The number of nitrogens with one attached hydrogen (secondary N) is 2. The van der Waals surface area contributed by atoms with Gasteiger partial charge < -0.3 is 24.6 Å². The van der Waals surface area contributed by atoms with Crippen molar-refractivity contribution in [3.05, 3.63) is 72.1 Å². The maximum absolute atomic E-state index is 14.3. The Hall–Kier alpha value is -5.59. The molecular weight excluding hydrogens is 825 g/mol. The van der Waals surface area contributed by atoms with Gasteiger partial charge in [0.25, 0.3) is 12.3 Å². The molecule has 0 spiro atoms. The fourth-order valence-electron chi connectivity index (χ4n) is 11.0. The maximum atomic E-state index is 14.3. The third-order valence-corrected chi connectivity index (χ3v) is 14.6. The van der Waals surface area contributed by atoms with E-state index in [4.69, 9.17) is 14.5 Å². The number of rotatable bonds is 11. The van der Waals surface area contributed by atoms with Crippen molar-refractivity contribution < 1.29 is 32.6 Å². The summed E-state index contributed by atoms with van der Waals surface area (Å²) in [5, 5.41) is 15.8. The molecular formula is C46H53F2N11O5. The minimum atomic E-state index is -2.85. The van der Waals surface area contributed by atoms with E-state index in [-0.39, 0.29) is 54.0 Å². The van der Waals surface area contributed by atoms with E-state index in [0.717, 1.165) is 113 Å². The molecule has 12 rings (SSSR count). The largest absolute Gasteiger partial charge is 0.375 e. The Morgan fingerprint density at radius 2 is 1.77 bits per heavy atom. The summed E-state index contributed by atoms with van der Waals surface area (Å²) in [6.07, 6.45) is 15.9. The molecule has 4 aromatic heterocycles. The fraction of sp³-hybridized carbons (Fsp3) is 0.543. The van der Waals surface area contributed by atoms with Crippen molar-refractivity contribution in [1.82, 2.24) is 39.6 Å². The van der Waals surface area contributed by atoms with Gasteiger partial charge in [-0.05, 0) is 87.7 Å². The van der Waals surface area contributed by atoms with Gasteiger partial charge in [0.2, 0.25) is 5.91 Å². The van der Waals surface area contributed by atoms with Crippen molar-refractivity contribution in [2.24, 2.45) is 5.92 Å². The molecule has 0 unspecified atom stereocenters. The topological polar surface area (TPSA) is 164 Å². The van der Waals surface area contributed by atoms with Crippen LogP contribution in [0.5, 0.6) is 0 Å². The summed E-state index contributed by atoms with van der Waals surface area (Å²) in [7, 11) is 0. The van der Waals surface area contributed by atoms with Gasteiger partial charge in [-0.25, -0.2) is 23.1 Å². The second-order valence-electron chi connectivity index (χ2n) is 18.6. The number of hydrogen-bond acceptors (Lipinski definition) is 11. The molecule has 9 heterocycles. The van der Waals surface area contributed by atoms with Crippen LogP contribution in [0.15, 0.2) is 55.2 Å². The summed E-state index contributed by atoms with van der Waals surface area (Å²) < 4.78 is 44.3. The smallest absolute Gasteiger partial charge is 0.328 e. The molecule has 2 saturated carbocycles. The summed E-state index contributed by atoms with van der Waals surface area (Å²) in [6, 6.07) is 7.89. The number of nitrogens with zero attached hydrogens (tertiary/aromatic N) is 9. The number of halogens is 2. The van der Waals surface area contributed by atoms with Crippen LogP contribution in [0, 0.1) is 5.92 Å². The van der Waals surface area contributed by atoms with Crippen molar-refractivity contribution in [3.63, 3.8) is 0 Å². The lowest BCUT2D eigenvalue weighted by Gasteiger charge is -2.45. The molecule has 5 saturated heterocycles. The molecule has 16 nitrogen and oxygen atoms in total. The average molecular weight is 878 g/mol. The lowest BCUT2D eigenvalue weighted by Crippen LogP contribution is -2.54. The quantitative estimate of drug-likeness (QED) is 0.146. The fourth-order valence-corrected chi connectivity index (χ4v) is 11.0. The molecule has 2 aliphatic carbocycles. The molecule has 2 atom stereocenters. The van der Waals surface area contributed by atoms with Crippen LogP contribution in [-0.4, -0.2) is 116 Å². The van der Waals surface area contributed by atoms with Crippen LogP contribution in [0.25, 0.3) is 16.4 Å². The van der Waals surface area contributed by atoms with Crippen molar-refractivity contribution in [1.29, 1.82) is 0 Å². The van der Waals surface area contributed by atoms with E-state index in [9.17, 15) is 23.2 Å². The van der Waals surface area contributed by atoms with E-state index in [1.165, 1.54) is 16.3 Å². The summed E-state index contributed by atoms with van der Waals surface area (Å²) in [4.78, 5) is 53.6. The number of fused-ring (bicyclic) bond motifs is 5. The number of urea groups is 1. The number of likely N-dealkylation sites (tertiary alicyclic amines) is 1. The van der Waals surface area contributed by atoms with E-state index in [0.29, 0.717) is 30.6 Å². The molecule has 64 heavy (non-hydrogen) atoms. The average Bonchev–Trinajstić information content (AvgIpc) is 3.93. The van der Waals surface area contributed by atoms with Crippen LogP contribution in [0.1, 0.15) is 111 Å². The number of carbonyl (C=O) groups is 3. The molecule has 2 N–H and O–H groups in total. The monoisotopic (exact) mass is 877 g/mol. The van der Waals surface area contributed by atoms with E-state index >= 15 is 0 Å². The van der Waals surface area contributed by atoms with E-state index in [2.05, 4.69) is 41.7 Å². The van der Waals surface area contributed by atoms with Gasteiger partial charge in [0.1, 0.15) is 11.4 Å². The second-order valence-corrected chi connectivity index (χ2v) is 18.6. The highest BCUT2D eigenvalue weighted by Crippen LogP contribution is 2.44. The minimum Gasteiger partial charge on any atom is -0.375 e. The van der Waals surface area contributed by atoms with Crippen LogP contribution in [-0.2, 0) is 14.3 Å². The molecule has 1 aromatic carbocycles. The number of hydrogen-bond donors (Lipinski definition) is 2. The first-order valence-electron chi connectivity index (χ1n) is 23.0. The molecule has 18 heteroatoms. The number of benzene rings is 1. The minimum absolute atomic E-state index is 0.00970. The van der Waals surface area contributed by atoms with Crippen LogP contribution in [0.3, 0.4) is 0 Å². The zero-order chi connectivity index (χ0) is 43.5. The van der Waals surface area contributed by atoms with Crippen LogP contribution < -0.4 is 20.4 Å². The molecule has 5 aliphatic heterocycles. The number of pyridine rings is 1. The number of amides is 4. The van der Waals surface area contributed by atoms with Crippen molar-refractivity contribution in [2.75, 3.05) is 54.4 Å². The Morgan fingerprint density at radius 1 is 0.938 bits per heavy atom. The molecule has 336 valence electrons. The standard InChI is InChI=1S/C46H53F2N11O5/c47-43(48)42-38(51-45(61)37-21-50-58-17-12-40(52-44(37)58)57-24-32-9-8-30(57)26-63-32)25-59(54-42)29-6-4-27(5-7-29)23-55-14-10-31(11-15-55)64-33-18-28(19-33)34-2-1-3-35-36(34)20-49-22-39(35)56-16-13-41(60)53-46(56)62/h1-3,12,17,20-22,25,27-33,43H,4-11,13-16,18-19,23-24,26H2,(H,51,61)(H,53,60,62)/t27?,28?,29?,30-,32-,33?/m1/s1. The van der Waals surface area contributed by atoms with Gasteiger partial charge in [-0.2, -0.15) is 10.2 Å². The molecule has 4 amide bonds. The van der Waals surface area contributed by atoms with Crippen molar-refractivity contribution in [2.45, 2.75) is 113 Å². The number of imide groups is 1. The Balaban J connectivity index is 0.648. The van der Waals surface area contributed by atoms with Crippen LogP contribution >= 0.6 is 0 Å². The maximum Gasteiger partial charge on any atom is 0.328 e. The van der Waals surface area contributed by atoms with Crippen LogP contribution in [0.2, 0.25) is 0 Å². The Morgan fingerprint density at radius 3 is 2.52 bits per heavy atom. The lowest BCUT2D eigenvalue weighted by molar-refractivity contribution is -0.120. The van der Waals surface area contributed by atoms with E-state index in [1.54, 1.807) is 28.2 Å². The first kappa shape index (κ1) is 41.1. The van der Waals surface area contributed by atoms with Crippen LogP contribution in [0.4, 0.5) is 30.8 Å². The Labute approximate surface area is 368 Å². The zero-order valence-corrected chi connectivity index (χ0v) is 35.7. The Bertz CT molecular complexity index is 2560. The number of alkyl halides is 2. The van der Waals surface area contributed by atoms with E-state index in [1.807, 2.05) is 24.4 Å². The van der Waals surface area contributed by atoms with Gasteiger partial charge in [-0.3, -0.25) is 29.5 Å². The summed E-state index contributed by atoms with van der Waals surface area (Å²) in [6.45, 7) is 4.73. The first-order chi connectivity index (χ1) is 31.2. The number of morpholine rings is 1. The number of piperidine rings is 2. The lowest BCUT2D eigenvalue weighted by atomic mass is 9.76. The number of anilines is 3. The summed E-state index contributed by atoms with van der Waals surface area (Å²) in [5.74, 6) is 0.814. The molecule has 7 fully saturated rings. The second kappa shape index (κ2) is 17.1. The Kier molecular flexibility index (Phi) is 11.0. The highest BCUT2D eigenvalue weighted by Gasteiger charge is 2.38. The summed E-state index contributed by atoms with van der Waals surface area (Å²) in [5.41, 5.74) is 2.09. The first-order valence-corrected chi connectivity index (χ1v) is 23.0. The van der Waals surface area contributed by atoms with Gasteiger partial charge in [-0.15, -0.1) is 0 Å². The third-order valence-electron chi connectivity index (χ3n) is 14.6. The molecule has 5 aromatic rings. The van der Waals surface area contributed by atoms with Gasteiger partial charge in [0.05, 0.1) is 60.8 Å². The van der Waals surface area contributed by atoms with Gasteiger partial charge >= 0.3 is 6.03 Å². The van der Waals surface area contributed by atoms with E-state index < -0.39 is 24.1 Å². The molecule has 2 bridgehead atoms. The number of ether oxygens (including phenoxy) is 2. The SMILES string of the molecule is O=C1CCN(c2cncc3c(C4CC(OC5CCN(CC6CCC(n7cc(NC(=O)c8cnn9ccc(N%10C[C@H]%11CC[C@@H]%10CO%11)nc89)c(C(F)F)n7)CC6)CC5)C4)cccc23)C(=O)N1. The molecule has 7 aliphatic rings. The van der Waals surface area contributed by atoms with Crippen molar-refractivity contribution in [3.8, 4) is 0 Å². The van der Waals surface area contributed by atoms with Gasteiger partial charge in [0, 0.05) is 68.5 Å². The number of carbonyl (C=O) groups excluding carboxylic acids is 3. The summed E-state index contributed by atoms with van der Waals surface area (Å²) >= 11 is 0. The zero-order valence-electron chi connectivity index (χ0n) is 35.7. The molecule has 0 radical (unpaired) electrons. The highest BCUT2D eigenvalue weighted by molar-refractivity contribution is 6.10. The predicted molar refractivity (Wildman–Crippen MR) is 233 cm³/mol. The van der Waals surface area contributed by atoms with Gasteiger partial charge in [0.15, 0.2) is 11.3 Å². The predicted octanol–water partition coefficient (Wildman–Crippen LogP) is 6.64. The van der Waals surface area contributed by atoms with Crippen molar-refractivity contribution >= 4 is 51.5 Å². The van der Waals surface area contributed by atoms with Gasteiger partial charge in [-0.1, -0.05) is 18.2 Å². The normalized spacial score (nSPS) is 26.8.